The van der Waals surface area contributed by atoms with Crippen molar-refractivity contribution in [3.8, 4) is 5.75 Å². The Labute approximate surface area is 209 Å². The predicted octanol–water partition coefficient (Wildman–Crippen LogP) is 6.64. The van der Waals surface area contributed by atoms with Gasteiger partial charge in [-0.05, 0) is 47.9 Å². The van der Waals surface area contributed by atoms with Crippen LogP contribution in [0.2, 0.25) is 0 Å². The standard InChI is InChI=1S/C32H28NOP/c1-5-13-26(14-6-1)24-33-31-22-21-28(34-25-27-15-7-2-8-16-27)23-32(31)35(29-17-9-3-10-18-29)30-19-11-4-12-20-30/h1-23,33H,24-25H2. The lowest BCUT2D eigenvalue weighted by Gasteiger charge is -2.24. The summed E-state index contributed by atoms with van der Waals surface area (Å²) in [6.07, 6.45) is 0. The largest absolute Gasteiger partial charge is 0.489 e. The molecule has 0 aromatic heterocycles. The van der Waals surface area contributed by atoms with Gasteiger partial charge in [0.2, 0.25) is 0 Å². The molecule has 0 amide bonds. The molecule has 0 aliphatic rings. The van der Waals surface area contributed by atoms with Crippen LogP contribution in [0.3, 0.4) is 0 Å². The SMILES string of the molecule is c1ccc(CNc2ccc(OCc3ccccc3)cc2P(c2ccccc2)c2ccccc2)cc1. The van der Waals surface area contributed by atoms with Crippen LogP contribution in [0, 0.1) is 0 Å². The first kappa shape index (κ1) is 22.9. The maximum Gasteiger partial charge on any atom is 0.120 e. The summed E-state index contributed by atoms with van der Waals surface area (Å²) < 4.78 is 6.26. The highest BCUT2D eigenvalue weighted by atomic mass is 31.1. The Balaban J connectivity index is 1.53. The van der Waals surface area contributed by atoms with E-state index in [1.807, 2.05) is 18.2 Å². The van der Waals surface area contributed by atoms with Crippen molar-refractivity contribution in [2.75, 3.05) is 5.32 Å². The molecule has 1 N–H and O–H groups in total. The van der Waals surface area contributed by atoms with Crippen LogP contribution < -0.4 is 26.0 Å². The van der Waals surface area contributed by atoms with E-state index in [9.17, 15) is 0 Å². The van der Waals surface area contributed by atoms with Crippen LogP contribution in [-0.4, -0.2) is 0 Å². The molecule has 5 aromatic carbocycles. The number of hydrogen-bond donors (Lipinski definition) is 1. The zero-order valence-corrected chi connectivity index (χ0v) is 20.4. The van der Waals surface area contributed by atoms with E-state index in [0.717, 1.165) is 23.5 Å². The Kier molecular flexibility index (Phi) is 7.53. The Bertz CT molecular complexity index is 1290. The summed E-state index contributed by atoms with van der Waals surface area (Å²) in [6.45, 7) is 1.32. The summed E-state index contributed by atoms with van der Waals surface area (Å²) in [6, 6.07) is 48.9. The number of anilines is 1. The lowest BCUT2D eigenvalue weighted by atomic mass is 10.2. The second-order valence-electron chi connectivity index (χ2n) is 8.30. The van der Waals surface area contributed by atoms with Gasteiger partial charge in [0, 0.05) is 17.5 Å². The average molecular weight is 474 g/mol. The van der Waals surface area contributed by atoms with Crippen LogP contribution in [0.5, 0.6) is 5.75 Å². The molecule has 0 aliphatic carbocycles. The summed E-state index contributed by atoms with van der Waals surface area (Å²) >= 11 is 0. The highest BCUT2D eigenvalue weighted by Crippen LogP contribution is 2.37. The zero-order chi connectivity index (χ0) is 23.7. The molecule has 0 aliphatic heterocycles. The van der Waals surface area contributed by atoms with Crippen LogP contribution in [0.25, 0.3) is 0 Å². The van der Waals surface area contributed by atoms with Crippen molar-refractivity contribution in [1.29, 1.82) is 0 Å². The van der Waals surface area contributed by atoms with E-state index in [1.54, 1.807) is 0 Å². The molecular formula is C32H28NOP. The fraction of sp³-hybridized carbons (Fsp3) is 0.0625. The topological polar surface area (TPSA) is 21.3 Å². The molecule has 0 saturated heterocycles. The van der Waals surface area contributed by atoms with Gasteiger partial charge in [0.25, 0.3) is 0 Å². The van der Waals surface area contributed by atoms with E-state index in [1.165, 1.54) is 21.5 Å². The molecule has 0 spiro atoms. The van der Waals surface area contributed by atoms with Crippen LogP contribution in [0.1, 0.15) is 11.1 Å². The first-order valence-electron chi connectivity index (χ1n) is 11.9. The van der Waals surface area contributed by atoms with E-state index in [2.05, 4.69) is 127 Å². The van der Waals surface area contributed by atoms with Crippen LogP contribution in [0.4, 0.5) is 5.69 Å². The highest BCUT2D eigenvalue weighted by Gasteiger charge is 2.20. The number of ether oxygens (including phenoxy) is 1. The van der Waals surface area contributed by atoms with Crippen molar-refractivity contribution in [1.82, 2.24) is 0 Å². The summed E-state index contributed by atoms with van der Waals surface area (Å²) in [5, 5.41) is 7.61. The first-order chi connectivity index (χ1) is 17.4. The van der Waals surface area contributed by atoms with Gasteiger partial charge in [0.1, 0.15) is 12.4 Å². The molecule has 2 nitrogen and oxygen atoms in total. The van der Waals surface area contributed by atoms with E-state index in [-0.39, 0.29) is 0 Å². The van der Waals surface area contributed by atoms with Crippen LogP contribution in [0.15, 0.2) is 140 Å². The lowest BCUT2D eigenvalue weighted by molar-refractivity contribution is 0.306. The quantitative estimate of drug-likeness (QED) is 0.243. The Morgan fingerprint density at radius 2 is 1.06 bits per heavy atom. The lowest BCUT2D eigenvalue weighted by Crippen LogP contribution is -2.23. The minimum atomic E-state index is -0.771. The van der Waals surface area contributed by atoms with Gasteiger partial charge in [-0.3, -0.25) is 0 Å². The first-order valence-corrected chi connectivity index (χ1v) is 13.2. The molecule has 35 heavy (non-hydrogen) atoms. The van der Waals surface area contributed by atoms with Gasteiger partial charge >= 0.3 is 0 Å². The van der Waals surface area contributed by atoms with Crippen molar-refractivity contribution < 1.29 is 4.74 Å². The van der Waals surface area contributed by atoms with E-state index < -0.39 is 7.92 Å². The Morgan fingerprint density at radius 3 is 1.63 bits per heavy atom. The van der Waals surface area contributed by atoms with Gasteiger partial charge in [-0.2, -0.15) is 0 Å². The maximum atomic E-state index is 6.26. The van der Waals surface area contributed by atoms with Crippen molar-refractivity contribution >= 4 is 29.5 Å². The molecule has 5 aromatic rings. The van der Waals surface area contributed by atoms with Crippen molar-refractivity contribution in [2.24, 2.45) is 0 Å². The highest BCUT2D eigenvalue weighted by molar-refractivity contribution is 7.80. The molecule has 0 bridgehead atoms. The van der Waals surface area contributed by atoms with Gasteiger partial charge in [0.05, 0.1) is 0 Å². The van der Waals surface area contributed by atoms with Crippen LogP contribution >= 0.6 is 7.92 Å². The number of hydrogen-bond acceptors (Lipinski definition) is 2. The summed E-state index contributed by atoms with van der Waals surface area (Å²) in [5.41, 5.74) is 3.56. The third kappa shape index (κ3) is 5.98. The maximum absolute atomic E-state index is 6.26. The smallest absolute Gasteiger partial charge is 0.120 e. The van der Waals surface area contributed by atoms with E-state index in [4.69, 9.17) is 4.74 Å². The molecule has 0 saturated carbocycles. The minimum Gasteiger partial charge on any atom is -0.489 e. The fourth-order valence-corrected chi connectivity index (χ4v) is 6.50. The van der Waals surface area contributed by atoms with Gasteiger partial charge in [-0.25, -0.2) is 0 Å². The number of nitrogens with one attached hydrogen (secondary N) is 1. The van der Waals surface area contributed by atoms with Gasteiger partial charge in [-0.1, -0.05) is 121 Å². The number of benzene rings is 5. The summed E-state index contributed by atoms with van der Waals surface area (Å²) in [7, 11) is -0.771. The van der Waals surface area contributed by atoms with Gasteiger partial charge in [0.15, 0.2) is 0 Å². The summed E-state index contributed by atoms with van der Waals surface area (Å²) in [4.78, 5) is 0. The van der Waals surface area contributed by atoms with Crippen molar-refractivity contribution in [2.45, 2.75) is 13.2 Å². The molecule has 172 valence electrons. The zero-order valence-electron chi connectivity index (χ0n) is 19.5. The molecule has 0 fully saturated rings. The monoisotopic (exact) mass is 473 g/mol. The van der Waals surface area contributed by atoms with Gasteiger partial charge < -0.3 is 10.1 Å². The van der Waals surface area contributed by atoms with E-state index >= 15 is 0 Å². The van der Waals surface area contributed by atoms with Crippen molar-refractivity contribution in [3.63, 3.8) is 0 Å². The molecular weight excluding hydrogens is 445 g/mol. The second-order valence-corrected chi connectivity index (χ2v) is 10.5. The van der Waals surface area contributed by atoms with Crippen molar-refractivity contribution in [3.05, 3.63) is 151 Å². The average Bonchev–Trinajstić information content (AvgIpc) is 2.94. The Morgan fingerprint density at radius 1 is 0.543 bits per heavy atom. The third-order valence-electron chi connectivity index (χ3n) is 5.81. The normalized spacial score (nSPS) is 10.8. The van der Waals surface area contributed by atoms with Crippen LogP contribution in [-0.2, 0) is 13.2 Å². The van der Waals surface area contributed by atoms with E-state index in [0.29, 0.717) is 6.61 Å². The van der Waals surface area contributed by atoms with Gasteiger partial charge in [-0.15, -0.1) is 0 Å². The molecule has 0 atom stereocenters. The molecule has 0 heterocycles. The predicted molar refractivity (Wildman–Crippen MR) is 150 cm³/mol. The molecule has 0 unspecified atom stereocenters. The Hall–Kier alpha value is -3.87. The third-order valence-corrected chi connectivity index (χ3v) is 8.29. The minimum absolute atomic E-state index is 0.547. The fourth-order valence-electron chi connectivity index (χ4n) is 4.05. The molecule has 3 heteroatoms. The summed E-state index contributed by atoms with van der Waals surface area (Å²) in [5.74, 6) is 0.883. The molecule has 5 rings (SSSR count). The molecule has 0 radical (unpaired) electrons. The second kappa shape index (κ2) is 11.5. The number of rotatable bonds is 9.